The van der Waals surface area contributed by atoms with E-state index in [-0.39, 0.29) is 30.7 Å². The molecule has 0 aliphatic rings. The van der Waals surface area contributed by atoms with Crippen LogP contribution >= 0.6 is 0 Å². The molecule has 6 heteroatoms. The van der Waals surface area contributed by atoms with E-state index < -0.39 is 0 Å². The fourth-order valence-electron chi connectivity index (χ4n) is 2.26. The summed E-state index contributed by atoms with van der Waals surface area (Å²) < 4.78 is 18.2. The summed E-state index contributed by atoms with van der Waals surface area (Å²) in [5, 5.41) is 5.38. The lowest BCUT2D eigenvalue weighted by Crippen LogP contribution is -2.37. The number of aryl methyl sites for hydroxylation is 2. The highest BCUT2D eigenvalue weighted by Gasteiger charge is 2.05. The quantitative estimate of drug-likeness (QED) is 0.712. The first-order valence-electron chi connectivity index (χ1n) is 8.42. The van der Waals surface area contributed by atoms with Crippen molar-refractivity contribution in [3.05, 3.63) is 65.0 Å². The molecule has 0 radical (unpaired) electrons. The van der Waals surface area contributed by atoms with E-state index in [1.54, 1.807) is 12.1 Å². The lowest BCUT2D eigenvalue weighted by molar-refractivity contribution is -0.124. The van der Waals surface area contributed by atoms with Crippen LogP contribution in [0, 0.1) is 19.7 Å². The lowest BCUT2D eigenvalue weighted by Gasteiger charge is -2.10. The van der Waals surface area contributed by atoms with Crippen LogP contribution in [0.5, 0.6) is 5.75 Å². The second kappa shape index (κ2) is 9.56. The molecule has 0 heterocycles. The van der Waals surface area contributed by atoms with Gasteiger partial charge in [-0.15, -0.1) is 0 Å². The van der Waals surface area contributed by atoms with Crippen molar-refractivity contribution in [1.29, 1.82) is 0 Å². The highest BCUT2D eigenvalue weighted by molar-refractivity contribution is 5.79. The van der Waals surface area contributed by atoms with Crippen molar-refractivity contribution in [3.63, 3.8) is 0 Å². The highest BCUT2D eigenvalue weighted by Crippen LogP contribution is 2.16. The molecule has 2 rings (SSSR count). The Kier molecular flexibility index (Phi) is 7.14. The van der Waals surface area contributed by atoms with Crippen molar-refractivity contribution >= 4 is 11.8 Å². The Morgan fingerprint density at radius 3 is 2.23 bits per heavy atom. The van der Waals surface area contributed by atoms with Crippen LogP contribution in [0.3, 0.4) is 0 Å². The van der Waals surface area contributed by atoms with E-state index in [2.05, 4.69) is 10.6 Å². The van der Waals surface area contributed by atoms with E-state index in [1.807, 2.05) is 32.0 Å². The molecule has 0 spiro atoms. The summed E-state index contributed by atoms with van der Waals surface area (Å²) in [6, 6.07) is 11.4. The standard InChI is InChI=1S/C20H23FN2O3/c1-14-3-8-18(11-15(14)2)26-13-20(25)23-10-9-22-19(24)12-16-4-6-17(21)7-5-16/h3-8,11H,9-10,12-13H2,1-2H3,(H,22,24)(H,23,25). The molecule has 0 saturated heterocycles. The van der Waals surface area contributed by atoms with E-state index in [4.69, 9.17) is 4.74 Å². The van der Waals surface area contributed by atoms with Gasteiger partial charge in [-0.25, -0.2) is 4.39 Å². The number of carbonyl (C=O) groups excluding carboxylic acids is 2. The van der Waals surface area contributed by atoms with Crippen LogP contribution in [0.1, 0.15) is 16.7 Å². The zero-order valence-corrected chi connectivity index (χ0v) is 15.0. The molecule has 2 N–H and O–H groups in total. The third-order valence-corrected chi connectivity index (χ3v) is 3.90. The monoisotopic (exact) mass is 358 g/mol. The van der Waals surface area contributed by atoms with Gasteiger partial charge in [-0.3, -0.25) is 9.59 Å². The number of carbonyl (C=O) groups is 2. The average Bonchev–Trinajstić information content (AvgIpc) is 2.62. The van der Waals surface area contributed by atoms with Gasteiger partial charge < -0.3 is 15.4 Å². The predicted molar refractivity (Wildman–Crippen MR) is 97.5 cm³/mol. The molecule has 0 aliphatic carbocycles. The van der Waals surface area contributed by atoms with Crippen LogP contribution in [-0.4, -0.2) is 31.5 Å². The van der Waals surface area contributed by atoms with Gasteiger partial charge in [-0.05, 0) is 54.8 Å². The molecule has 0 atom stereocenters. The molecule has 0 bridgehead atoms. The summed E-state index contributed by atoms with van der Waals surface area (Å²) >= 11 is 0. The van der Waals surface area contributed by atoms with Gasteiger partial charge >= 0.3 is 0 Å². The van der Waals surface area contributed by atoms with Crippen LogP contribution in [0.2, 0.25) is 0 Å². The Balaban J connectivity index is 1.61. The number of halogens is 1. The summed E-state index contributed by atoms with van der Waals surface area (Å²) in [4.78, 5) is 23.5. The van der Waals surface area contributed by atoms with E-state index in [0.29, 0.717) is 18.8 Å². The van der Waals surface area contributed by atoms with Crippen LogP contribution in [0.25, 0.3) is 0 Å². The largest absolute Gasteiger partial charge is 0.484 e. The van der Waals surface area contributed by atoms with E-state index in [0.717, 1.165) is 16.7 Å². The number of ether oxygens (including phenoxy) is 1. The van der Waals surface area contributed by atoms with Crippen LogP contribution in [0.15, 0.2) is 42.5 Å². The molecule has 138 valence electrons. The van der Waals surface area contributed by atoms with Crippen molar-refractivity contribution < 1.29 is 18.7 Å². The molecule has 0 unspecified atom stereocenters. The first-order valence-corrected chi connectivity index (χ1v) is 8.42. The lowest BCUT2D eigenvalue weighted by atomic mass is 10.1. The van der Waals surface area contributed by atoms with Gasteiger partial charge in [0.1, 0.15) is 11.6 Å². The number of hydrogen-bond donors (Lipinski definition) is 2. The Morgan fingerprint density at radius 1 is 0.923 bits per heavy atom. The van der Waals surface area contributed by atoms with E-state index in [1.165, 1.54) is 12.1 Å². The van der Waals surface area contributed by atoms with Gasteiger partial charge in [0.15, 0.2) is 6.61 Å². The number of nitrogens with one attached hydrogen (secondary N) is 2. The third kappa shape index (κ3) is 6.55. The summed E-state index contributed by atoms with van der Waals surface area (Å²) in [6.45, 7) is 4.54. The minimum absolute atomic E-state index is 0.0774. The van der Waals surface area contributed by atoms with Gasteiger partial charge in [0.25, 0.3) is 5.91 Å². The fourth-order valence-corrected chi connectivity index (χ4v) is 2.26. The first-order chi connectivity index (χ1) is 12.4. The molecule has 2 amide bonds. The Bertz CT molecular complexity index is 760. The Morgan fingerprint density at radius 2 is 1.58 bits per heavy atom. The fraction of sp³-hybridized carbons (Fsp3) is 0.300. The highest BCUT2D eigenvalue weighted by atomic mass is 19.1. The molecule has 5 nitrogen and oxygen atoms in total. The van der Waals surface area contributed by atoms with Crippen molar-refractivity contribution in [1.82, 2.24) is 10.6 Å². The van der Waals surface area contributed by atoms with Crippen molar-refractivity contribution in [2.24, 2.45) is 0 Å². The molecule has 0 fully saturated rings. The number of rotatable bonds is 8. The summed E-state index contributed by atoms with van der Waals surface area (Å²) in [5.74, 6) is -0.121. The third-order valence-electron chi connectivity index (χ3n) is 3.90. The zero-order chi connectivity index (χ0) is 18.9. The van der Waals surface area contributed by atoms with Crippen LogP contribution in [0.4, 0.5) is 4.39 Å². The molecular weight excluding hydrogens is 335 g/mol. The van der Waals surface area contributed by atoms with Gasteiger partial charge in [-0.2, -0.15) is 0 Å². The van der Waals surface area contributed by atoms with Crippen LogP contribution in [-0.2, 0) is 16.0 Å². The smallest absolute Gasteiger partial charge is 0.258 e. The minimum Gasteiger partial charge on any atom is -0.484 e. The summed E-state index contributed by atoms with van der Waals surface area (Å²) in [7, 11) is 0. The maximum absolute atomic E-state index is 12.8. The summed E-state index contributed by atoms with van der Waals surface area (Å²) in [6.07, 6.45) is 0.171. The first kappa shape index (κ1) is 19.4. The average molecular weight is 358 g/mol. The molecule has 2 aromatic rings. The second-order valence-corrected chi connectivity index (χ2v) is 6.04. The van der Waals surface area contributed by atoms with Crippen molar-refractivity contribution in [3.8, 4) is 5.75 Å². The van der Waals surface area contributed by atoms with Gasteiger partial charge in [0, 0.05) is 13.1 Å². The normalized spacial score (nSPS) is 10.3. The van der Waals surface area contributed by atoms with Crippen LogP contribution < -0.4 is 15.4 Å². The molecule has 0 aliphatic heterocycles. The second-order valence-electron chi connectivity index (χ2n) is 6.04. The Labute approximate surface area is 152 Å². The van der Waals surface area contributed by atoms with Crippen molar-refractivity contribution in [2.75, 3.05) is 19.7 Å². The van der Waals surface area contributed by atoms with Crippen molar-refractivity contribution in [2.45, 2.75) is 20.3 Å². The summed E-state index contributed by atoms with van der Waals surface area (Å²) in [5.41, 5.74) is 3.00. The minimum atomic E-state index is -0.333. The van der Waals surface area contributed by atoms with E-state index >= 15 is 0 Å². The predicted octanol–water partition coefficient (Wildman–Crippen LogP) is 2.30. The molecule has 2 aromatic carbocycles. The zero-order valence-electron chi connectivity index (χ0n) is 15.0. The number of hydrogen-bond acceptors (Lipinski definition) is 3. The van der Waals surface area contributed by atoms with E-state index in [9.17, 15) is 14.0 Å². The number of amides is 2. The maximum Gasteiger partial charge on any atom is 0.258 e. The molecular formula is C20H23FN2O3. The van der Waals surface area contributed by atoms with Gasteiger partial charge in [-0.1, -0.05) is 18.2 Å². The maximum atomic E-state index is 12.8. The van der Waals surface area contributed by atoms with Gasteiger partial charge in [0.2, 0.25) is 5.91 Å². The number of benzene rings is 2. The molecule has 26 heavy (non-hydrogen) atoms. The molecule has 0 aromatic heterocycles. The molecule has 0 saturated carbocycles. The van der Waals surface area contributed by atoms with Gasteiger partial charge in [0.05, 0.1) is 6.42 Å². The SMILES string of the molecule is Cc1ccc(OCC(=O)NCCNC(=O)Cc2ccc(F)cc2)cc1C. The topological polar surface area (TPSA) is 67.4 Å². The Hall–Kier alpha value is -2.89.